The standard InChI is InChI=1S/C23H29N3O3/c1-2-18-3-5-19(6-4-18)23(27)24-21-8-7-20(25-9-13-28-14-10-25)17-22(21)26-11-15-29-16-12-26/h3-8,17H,2,9-16H2,1H3,(H,24,27). The maximum Gasteiger partial charge on any atom is 0.255 e. The van der Waals surface area contributed by atoms with Gasteiger partial charge in [-0.3, -0.25) is 4.79 Å². The van der Waals surface area contributed by atoms with Crippen molar-refractivity contribution in [2.24, 2.45) is 0 Å². The molecule has 29 heavy (non-hydrogen) atoms. The van der Waals surface area contributed by atoms with Gasteiger partial charge in [0, 0.05) is 37.4 Å². The molecule has 2 aromatic rings. The summed E-state index contributed by atoms with van der Waals surface area (Å²) in [5, 5.41) is 3.13. The number of aryl methyl sites for hydroxylation is 1. The molecule has 2 aliphatic rings. The Morgan fingerprint density at radius 3 is 2.14 bits per heavy atom. The highest BCUT2D eigenvalue weighted by Crippen LogP contribution is 2.32. The van der Waals surface area contributed by atoms with Crippen LogP contribution in [0.2, 0.25) is 0 Å². The monoisotopic (exact) mass is 395 g/mol. The molecular weight excluding hydrogens is 366 g/mol. The van der Waals surface area contributed by atoms with Crippen LogP contribution in [0.25, 0.3) is 0 Å². The number of carbonyl (C=O) groups is 1. The number of anilines is 3. The van der Waals surface area contributed by atoms with Crippen LogP contribution in [0.15, 0.2) is 42.5 Å². The van der Waals surface area contributed by atoms with Crippen LogP contribution in [-0.2, 0) is 15.9 Å². The Bertz CT molecular complexity index is 826. The predicted molar refractivity (Wildman–Crippen MR) is 116 cm³/mol. The lowest BCUT2D eigenvalue weighted by molar-refractivity contribution is 0.102. The maximum absolute atomic E-state index is 12.9. The minimum atomic E-state index is -0.0821. The average Bonchev–Trinajstić information content (AvgIpc) is 2.80. The van der Waals surface area contributed by atoms with Crippen LogP contribution in [0.4, 0.5) is 17.1 Å². The molecule has 1 N–H and O–H groups in total. The van der Waals surface area contributed by atoms with Crippen molar-refractivity contribution in [2.75, 3.05) is 67.7 Å². The second kappa shape index (κ2) is 9.29. The van der Waals surface area contributed by atoms with Gasteiger partial charge in [0.2, 0.25) is 0 Å². The summed E-state index contributed by atoms with van der Waals surface area (Å²) < 4.78 is 11.0. The third-order valence-electron chi connectivity index (χ3n) is 5.58. The molecule has 0 saturated carbocycles. The van der Waals surface area contributed by atoms with E-state index in [1.807, 2.05) is 30.3 Å². The van der Waals surface area contributed by atoms with Gasteiger partial charge in [0.15, 0.2) is 0 Å². The number of rotatable bonds is 5. The van der Waals surface area contributed by atoms with Crippen LogP contribution in [0.1, 0.15) is 22.8 Å². The molecule has 2 aromatic carbocycles. The zero-order valence-corrected chi connectivity index (χ0v) is 17.0. The van der Waals surface area contributed by atoms with E-state index in [1.165, 1.54) is 11.3 Å². The Labute approximate surface area is 172 Å². The van der Waals surface area contributed by atoms with Gasteiger partial charge >= 0.3 is 0 Å². The van der Waals surface area contributed by atoms with E-state index in [2.05, 4.69) is 34.2 Å². The van der Waals surface area contributed by atoms with Crippen LogP contribution in [-0.4, -0.2) is 58.5 Å². The molecule has 4 rings (SSSR count). The highest BCUT2D eigenvalue weighted by atomic mass is 16.5. The van der Waals surface area contributed by atoms with Crippen LogP contribution in [0, 0.1) is 0 Å². The van der Waals surface area contributed by atoms with Crippen molar-refractivity contribution in [3.8, 4) is 0 Å². The molecule has 6 heteroatoms. The molecule has 154 valence electrons. The van der Waals surface area contributed by atoms with Crippen molar-refractivity contribution >= 4 is 23.0 Å². The fourth-order valence-corrected chi connectivity index (χ4v) is 3.80. The second-order valence-corrected chi connectivity index (χ2v) is 7.40. The van der Waals surface area contributed by atoms with Gasteiger partial charge in [-0.1, -0.05) is 19.1 Å². The topological polar surface area (TPSA) is 54.0 Å². The molecule has 0 atom stereocenters. The number of amides is 1. The number of carbonyl (C=O) groups excluding carboxylic acids is 1. The maximum atomic E-state index is 12.9. The smallest absolute Gasteiger partial charge is 0.255 e. The van der Waals surface area contributed by atoms with E-state index in [9.17, 15) is 4.79 Å². The second-order valence-electron chi connectivity index (χ2n) is 7.40. The Kier molecular flexibility index (Phi) is 6.32. The zero-order valence-electron chi connectivity index (χ0n) is 17.0. The van der Waals surface area contributed by atoms with E-state index in [4.69, 9.17) is 9.47 Å². The Morgan fingerprint density at radius 2 is 1.52 bits per heavy atom. The number of ether oxygens (including phenoxy) is 2. The molecule has 0 aromatic heterocycles. The molecule has 2 fully saturated rings. The minimum absolute atomic E-state index is 0.0821. The van der Waals surface area contributed by atoms with Gasteiger partial charge < -0.3 is 24.6 Å². The van der Waals surface area contributed by atoms with E-state index in [0.717, 1.165) is 57.2 Å². The van der Waals surface area contributed by atoms with Gasteiger partial charge in [-0.05, 0) is 42.3 Å². The SMILES string of the molecule is CCc1ccc(C(=O)Nc2ccc(N3CCOCC3)cc2N2CCOCC2)cc1. The highest BCUT2D eigenvalue weighted by Gasteiger charge is 2.20. The van der Waals surface area contributed by atoms with Crippen LogP contribution in [0.3, 0.4) is 0 Å². The van der Waals surface area contributed by atoms with Crippen LogP contribution >= 0.6 is 0 Å². The van der Waals surface area contributed by atoms with Gasteiger partial charge in [-0.15, -0.1) is 0 Å². The molecule has 2 saturated heterocycles. The van der Waals surface area contributed by atoms with Crippen molar-refractivity contribution in [2.45, 2.75) is 13.3 Å². The van der Waals surface area contributed by atoms with Crippen molar-refractivity contribution in [1.29, 1.82) is 0 Å². The van der Waals surface area contributed by atoms with Crippen molar-refractivity contribution in [3.63, 3.8) is 0 Å². The number of benzene rings is 2. The summed E-state index contributed by atoms with van der Waals surface area (Å²) in [7, 11) is 0. The zero-order chi connectivity index (χ0) is 20.1. The van der Waals surface area contributed by atoms with Crippen molar-refractivity contribution < 1.29 is 14.3 Å². The minimum Gasteiger partial charge on any atom is -0.378 e. The Hall–Kier alpha value is -2.57. The van der Waals surface area contributed by atoms with Gasteiger partial charge in [0.25, 0.3) is 5.91 Å². The largest absolute Gasteiger partial charge is 0.378 e. The number of morpholine rings is 2. The average molecular weight is 396 g/mol. The molecule has 2 heterocycles. The van der Waals surface area contributed by atoms with E-state index in [-0.39, 0.29) is 5.91 Å². The first kappa shape index (κ1) is 19.7. The van der Waals surface area contributed by atoms with Gasteiger partial charge in [0.1, 0.15) is 0 Å². The fourth-order valence-electron chi connectivity index (χ4n) is 3.80. The van der Waals surface area contributed by atoms with E-state index in [1.54, 1.807) is 0 Å². The lowest BCUT2D eigenvalue weighted by Crippen LogP contribution is -2.38. The summed E-state index contributed by atoms with van der Waals surface area (Å²) in [5.41, 5.74) is 4.96. The predicted octanol–water partition coefficient (Wildman–Crippen LogP) is 3.17. The van der Waals surface area contributed by atoms with Gasteiger partial charge in [-0.2, -0.15) is 0 Å². The van der Waals surface area contributed by atoms with E-state index in [0.29, 0.717) is 18.8 Å². The van der Waals surface area contributed by atoms with Crippen LogP contribution < -0.4 is 15.1 Å². The molecule has 0 radical (unpaired) electrons. The Morgan fingerprint density at radius 1 is 0.897 bits per heavy atom. The molecule has 6 nitrogen and oxygen atoms in total. The van der Waals surface area contributed by atoms with Crippen LogP contribution in [0.5, 0.6) is 0 Å². The van der Waals surface area contributed by atoms with Gasteiger partial charge in [0.05, 0.1) is 37.8 Å². The molecular formula is C23H29N3O3. The number of nitrogens with zero attached hydrogens (tertiary/aromatic N) is 2. The van der Waals surface area contributed by atoms with Crippen molar-refractivity contribution in [3.05, 3.63) is 53.6 Å². The number of hydrogen-bond acceptors (Lipinski definition) is 5. The lowest BCUT2D eigenvalue weighted by atomic mass is 10.1. The summed E-state index contributed by atoms with van der Waals surface area (Å²) in [6, 6.07) is 14.1. The van der Waals surface area contributed by atoms with E-state index < -0.39 is 0 Å². The van der Waals surface area contributed by atoms with Crippen molar-refractivity contribution in [1.82, 2.24) is 0 Å². The molecule has 0 unspecified atom stereocenters. The first-order valence-corrected chi connectivity index (χ1v) is 10.4. The van der Waals surface area contributed by atoms with E-state index >= 15 is 0 Å². The third kappa shape index (κ3) is 4.71. The Balaban J connectivity index is 1.59. The normalized spacial score (nSPS) is 17.3. The molecule has 1 amide bonds. The summed E-state index contributed by atoms with van der Waals surface area (Å²) in [6.45, 7) is 8.43. The summed E-state index contributed by atoms with van der Waals surface area (Å²) >= 11 is 0. The molecule has 2 aliphatic heterocycles. The number of nitrogens with one attached hydrogen (secondary N) is 1. The van der Waals surface area contributed by atoms with Gasteiger partial charge in [-0.25, -0.2) is 0 Å². The fraction of sp³-hybridized carbons (Fsp3) is 0.435. The molecule has 0 spiro atoms. The first-order valence-electron chi connectivity index (χ1n) is 10.4. The molecule has 0 aliphatic carbocycles. The highest BCUT2D eigenvalue weighted by molar-refractivity contribution is 6.06. The summed E-state index contributed by atoms with van der Waals surface area (Å²) in [4.78, 5) is 17.5. The third-order valence-corrected chi connectivity index (χ3v) is 5.58. The summed E-state index contributed by atoms with van der Waals surface area (Å²) in [6.07, 6.45) is 0.964. The lowest BCUT2D eigenvalue weighted by Gasteiger charge is -2.33. The summed E-state index contributed by atoms with van der Waals surface area (Å²) in [5.74, 6) is -0.0821. The molecule has 0 bridgehead atoms. The first-order chi connectivity index (χ1) is 14.2. The number of hydrogen-bond donors (Lipinski definition) is 1. The quantitative estimate of drug-likeness (QED) is 0.843.